The molecule has 0 radical (unpaired) electrons. The molecule has 0 bridgehead atoms. The summed E-state index contributed by atoms with van der Waals surface area (Å²) >= 11 is 0. The molecule has 0 atom stereocenters. The molecule has 0 spiro atoms. The van der Waals surface area contributed by atoms with E-state index in [2.05, 4.69) is 34.2 Å². The predicted octanol–water partition coefficient (Wildman–Crippen LogP) is 5.49. The van der Waals surface area contributed by atoms with Crippen molar-refractivity contribution in [2.45, 2.75) is 13.3 Å². The molecule has 4 heteroatoms. The van der Waals surface area contributed by atoms with Gasteiger partial charge < -0.3 is 4.74 Å². The zero-order valence-corrected chi connectivity index (χ0v) is 14.5. The molecule has 26 heavy (non-hydrogen) atoms. The largest absolute Gasteiger partial charge is 0.457 e. The highest BCUT2D eigenvalue weighted by atomic mass is 16.5. The van der Waals surface area contributed by atoms with E-state index in [9.17, 15) is 0 Å². The third-order valence-electron chi connectivity index (χ3n) is 4.25. The fraction of sp³-hybridized carbons (Fsp3) is 0.0909. The monoisotopic (exact) mass is 341 g/mol. The molecule has 0 saturated heterocycles. The number of nitrogens with one attached hydrogen (secondary N) is 1. The molecule has 2 heterocycles. The summed E-state index contributed by atoms with van der Waals surface area (Å²) < 4.78 is 6.16. The third-order valence-corrected chi connectivity index (χ3v) is 4.25. The molecule has 2 aromatic carbocycles. The third kappa shape index (κ3) is 3.35. The van der Waals surface area contributed by atoms with E-state index in [4.69, 9.17) is 4.74 Å². The summed E-state index contributed by atoms with van der Waals surface area (Å²) in [4.78, 5) is 4.15. The minimum atomic E-state index is 0.794. The van der Waals surface area contributed by atoms with Crippen molar-refractivity contribution in [3.63, 3.8) is 0 Å². The fourth-order valence-electron chi connectivity index (χ4n) is 2.86. The number of aromatic nitrogens is 3. The molecular weight excluding hydrogens is 322 g/mol. The van der Waals surface area contributed by atoms with Crippen LogP contribution in [0.4, 0.5) is 0 Å². The smallest absolute Gasteiger partial charge is 0.136 e. The van der Waals surface area contributed by atoms with Crippen LogP contribution in [0.15, 0.2) is 79.1 Å². The number of H-pyrrole nitrogens is 1. The Morgan fingerprint density at radius 1 is 0.962 bits per heavy atom. The number of pyridine rings is 1. The summed E-state index contributed by atoms with van der Waals surface area (Å²) in [5.74, 6) is 1.63. The van der Waals surface area contributed by atoms with E-state index in [0.717, 1.165) is 40.4 Å². The number of para-hydroxylation sites is 1. The van der Waals surface area contributed by atoms with Crippen molar-refractivity contribution in [2.75, 3.05) is 0 Å². The van der Waals surface area contributed by atoms with E-state index in [1.807, 2.05) is 54.6 Å². The Morgan fingerprint density at radius 2 is 1.88 bits per heavy atom. The van der Waals surface area contributed by atoms with Crippen LogP contribution in [0.1, 0.15) is 12.5 Å². The predicted molar refractivity (Wildman–Crippen MR) is 103 cm³/mol. The Bertz CT molecular complexity index is 1010. The zero-order valence-electron chi connectivity index (χ0n) is 14.5. The zero-order chi connectivity index (χ0) is 17.8. The van der Waals surface area contributed by atoms with Crippen LogP contribution >= 0.6 is 0 Å². The summed E-state index contributed by atoms with van der Waals surface area (Å²) in [5.41, 5.74) is 4.96. The van der Waals surface area contributed by atoms with Gasteiger partial charge in [0.15, 0.2) is 0 Å². The number of nitrogens with zero attached hydrogens (tertiary/aromatic N) is 2. The molecule has 0 saturated carbocycles. The molecule has 0 unspecified atom stereocenters. The minimum Gasteiger partial charge on any atom is -0.457 e. The van der Waals surface area contributed by atoms with Crippen molar-refractivity contribution in [2.24, 2.45) is 0 Å². The van der Waals surface area contributed by atoms with Crippen LogP contribution in [0.3, 0.4) is 0 Å². The van der Waals surface area contributed by atoms with Crippen LogP contribution in [0.2, 0.25) is 0 Å². The molecule has 0 aliphatic rings. The Morgan fingerprint density at radius 3 is 2.73 bits per heavy atom. The van der Waals surface area contributed by atoms with Gasteiger partial charge in [-0.2, -0.15) is 5.10 Å². The van der Waals surface area contributed by atoms with Gasteiger partial charge in [-0.3, -0.25) is 10.1 Å². The van der Waals surface area contributed by atoms with Crippen molar-refractivity contribution < 1.29 is 4.74 Å². The summed E-state index contributed by atoms with van der Waals surface area (Å²) in [6.07, 6.45) is 4.54. The molecule has 2 aromatic heterocycles. The number of aromatic amines is 1. The molecule has 4 nitrogen and oxygen atoms in total. The lowest BCUT2D eigenvalue weighted by Crippen LogP contribution is -1.89. The van der Waals surface area contributed by atoms with Gasteiger partial charge in [-0.1, -0.05) is 31.2 Å². The quantitative estimate of drug-likeness (QED) is 0.522. The van der Waals surface area contributed by atoms with Crippen LogP contribution in [-0.4, -0.2) is 15.2 Å². The number of hydrogen-bond donors (Lipinski definition) is 1. The van der Waals surface area contributed by atoms with E-state index in [-0.39, 0.29) is 0 Å². The molecule has 0 fully saturated rings. The van der Waals surface area contributed by atoms with Crippen molar-refractivity contribution in [3.8, 4) is 34.0 Å². The van der Waals surface area contributed by atoms with Crippen LogP contribution in [0.5, 0.6) is 11.5 Å². The van der Waals surface area contributed by atoms with Crippen LogP contribution < -0.4 is 4.74 Å². The standard InChI is InChI=1S/C22H19N3O/c1-2-16-7-5-9-18(13-16)26-22-11-4-3-10-19(22)21-14-20(24-25-21)17-8-6-12-23-15-17/h3-15H,2H2,1H3,(H,24,25). The lowest BCUT2D eigenvalue weighted by Gasteiger charge is -2.10. The SMILES string of the molecule is CCc1cccc(Oc2ccccc2-c2cc(-c3cccnc3)n[nH]2)c1. The highest BCUT2D eigenvalue weighted by Gasteiger charge is 2.11. The van der Waals surface area contributed by atoms with Crippen molar-refractivity contribution in [3.05, 3.63) is 84.7 Å². The Balaban J connectivity index is 1.67. The lowest BCUT2D eigenvalue weighted by molar-refractivity contribution is 0.483. The van der Waals surface area contributed by atoms with Crippen LogP contribution in [-0.2, 0) is 6.42 Å². The summed E-state index contributed by atoms with van der Waals surface area (Å²) in [5, 5.41) is 7.53. The highest BCUT2D eigenvalue weighted by molar-refractivity contribution is 5.72. The van der Waals surface area contributed by atoms with Gasteiger partial charge in [0.05, 0.1) is 11.4 Å². The number of rotatable bonds is 5. The van der Waals surface area contributed by atoms with Crippen LogP contribution in [0, 0.1) is 0 Å². The van der Waals surface area contributed by atoms with Crippen molar-refractivity contribution >= 4 is 0 Å². The average molecular weight is 341 g/mol. The number of ether oxygens (including phenoxy) is 1. The molecule has 4 rings (SSSR count). The number of aryl methyl sites for hydroxylation is 1. The van der Waals surface area contributed by atoms with Gasteiger partial charge in [-0.15, -0.1) is 0 Å². The minimum absolute atomic E-state index is 0.794. The maximum atomic E-state index is 6.16. The molecule has 0 aliphatic carbocycles. The lowest BCUT2D eigenvalue weighted by atomic mass is 10.1. The van der Waals surface area contributed by atoms with Crippen LogP contribution in [0.25, 0.3) is 22.5 Å². The second-order valence-electron chi connectivity index (χ2n) is 6.01. The second kappa shape index (κ2) is 7.23. The Kier molecular flexibility index (Phi) is 4.48. The van der Waals surface area contributed by atoms with E-state index < -0.39 is 0 Å². The first-order valence-electron chi connectivity index (χ1n) is 8.65. The van der Waals surface area contributed by atoms with Gasteiger partial charge in [0.1, 0.15) is 11.5 Å². The number of benzene rings is 2. The molecule has 0 aliphatic heterocycles. The first-order chi connectivity index (χ1) is 12.8. The topological polar surface area (TPSA) is 50.8 Å². The summed E-state index contributed by atoms with van der Waals surface area (Å²) in [7, 11) is 0. The van der Waals surface area contributed by atoms with Gasteiger partial charge in [0, 0.05) is 23.5 Å². The van der Waals surface area contributed by atoms with E-state index in [1.54, 1.807) is 12.4 Å². The maximum absolute atomic E-state index is 6.16. The molecule has 0 amide bonds. The first kappa shape index (κ1) is 16.1. The van der Waals surface area contributed by atoms with E-state index in [1.165, 1.54) is 5.56 Å². The average Bonchev–Trinajstić information content (AvgIpc) is 3.19. The molecule has 4 aromatic rings. The Hall–Kier alpha value is -3.40. The van der Waals surface area contributed by atoms with E-state index >= 15 is 0 Å². The molecule has 1 N–H and O–H groups in total. The second-order valence-corrected chi connectivity index (χ2v) is 6.01. The van der Waals surface area contributed by atoms with Gasteiger partial charge in [-0.05, 0) is 54.4 Å². The highest BCUT2D eigenvalue weighted by Crippen LogP contribution is 2.34. The van der Waals surface area contributed by atoms with Gasteiger partial charge in [0.2, 0.25) is 0 Å². The Labute approximate surface area is 152 Å². The number of hydrogen-bond acceptors (Lipinski definition) is 3. The molecule has 128 valence electrons. The summed E-state index contributed by atoms with van der Waals surface area (Å²) in [6, 6.07) is 22.1. The fourth-order valence-corrected chi connectivity index (χ4v) is 2.86. The first-order valence-corrected chi connectivity index (χ1v) is 8.65. The van der Waals surface area contributed by atoms with Gasteiger partial charge in [0.25, 0.3) is 0 Å². The van der Waals surface area contributed by atoms with E-state index in [0.29, 0.717) is 0 Å². The normalized spacial score (nSPS) is 10.7. The maximum Gasteiger partial charge on any atom is 0.136 e. The van der Waals surface area contributed by atoms with Gasteiger partial charge in [-0.25, -0.2) is 0 Å². The van der Waals surface area contributed by atoms with Crippen molar-refractivity contribution in [1.29, 1.82) is 0 Å². The van der Waals surface area contributed by atoms with Gasteiger partial charge >= 0.3 is 0 Å². The summed E-state index contributed by atoms with van der Waals surface area (Å²) in [6.45, 7) is 2.14. The van der Waals surface area contributed by atoms with Crippen molar-refractivity contribution in [1.82, 2.24) is 15.2 Å². The molecular formula is C22H19N3O.